The first-order valence-corrected chi connectivity index (χ1v) is 16.3. The molecule has 4 rings (SSSR count). The fourth-order valence-electron chi connectivity index (χ4n) is 4.73. The van der Waals surface area contributed by atoms with Gasteiger partial charge in [-0.05, 0) is 79.6 Å². The van der Waals surface area contributed by atoms with Crippen LogP contribution >= 0.6 is 11.8 Å². The minimum absolute atomic E-state index is 0.0104. The Morgan fingerprint density at radius 1 is 0.935 bits per heavy atom. The highest BCUT2D eigenvalue weighted by Crippen LogP contribution is 2.33. The number of unbranched alkanes of at least 4 members (excludes halogenated alkanes) is 3. The molecule has 0 spiro atoms. The zero-order valence-corrected chi connectivity index (χ0v) is 27.6. The number of methoxy groups -OCH3 is 2. The average molecular weight is 648 g/mol. The summed E-state index contributed by atoms with van der Waals surface area (Å²) in [6.45, 7) is 5.05. The van der Waals surface area contributed by atoms with Gasteiger partial charge in [0.1, 0.15) is 11.0 Å². The predicted molar refractivity (Wildman–Crippen MR) is 180 cm³/mol. The van der Waals surface area contributed by atoms with E-state index in [4.69, 9.17) is 23.9 Å². The highest BCUT2D eigenvalue weighted by Gasteiger charge is 2.36. The number of esters is 1. The van der Waals surface area contributed by atoms with E-state index in [0.29, 0.717) is 40.2 Å². The third-order valence-electron chi connectivity index (χ3n) is 7.21. The number of hydrogen-bond donors (Lipinski definition) is 1. The third kappa shape index (κ3) is 9.50. The number of ether oxygens (including phenoxy) is 4. The van der Waals surface area contributed by atoms with Crippen molar-refractivity contribution in [2.24, 2.45) is 4.99 Å². The van der Waals surface area contributed by atoms with Crippen LogP contribution < -0.4 is 19.5 Å². The Balaban J connectivity index is 1.51. The lowest BCUT2D eigenvalue weighted by Crippen LogP contribution is -2.44. The van der Waals surface area contributed by atoms with Gasteiger partial charge in [0.05, 0.1) is 45.2 Å². The van der Waals surface area contributed by atoms with Gasteiger partial charge < -0.3 is 24.3 Å². The molecule has 1 aliphatic rings. The molecule has 3 aromatic rings. The molecule has 1 saturated heterocycles. The van der Waals surface area contributed by atoms with E-state index < -0.39 is 11.2 Å². The molecular formula is C35H41N3O7S. The Hall–Kier alpha value is -4.51. The Bertz CT molecular complexity index is 1510. The number of thioether (sulfide) groups is 1. The quantitative estimate of drug-likeness (QED) is 0.139. The molecule has 46 heavy (non-hydrogen) atoms. The summed E-state index contributed by atoms with van der Waals surface area (Å²) in [7, 11) is 3.11. The van der Waals surface area contributed by atoms with Crippen LogP contribution in [-0.2, 0) is 20.9 Å². The lowest BCUT2D eigenvalue weighted by atomic mass is 10.1. The summed E-state index contributed by atoms with van der Waals surface area (Å²) in [5, 5.41) is 2.58. The van der Waals surface area contributed by atoms with Crippen LogP contribution in [0.4, 0.5) is 11.4 Å². The van der Waals surface area contributed by atoms with Gasteiger partial charge in [-0.3, -0.25) is 14.5 Å². The van der Waals surface area contributed by atoms with Crippen molar-refractivity contribution in [1.82, 2.24) is 4.90 Å². The number of nitrogens with one attached hydrogen (secondary N) is 1. The standard InChI is InChI=1S/C35H41N3O7S/c1-5-7-8-9-20-45-28-17-15-26(16-18-28)36-33(40)31-22-32(39)38(23-24-10-19-29(42-3)30(21-24)43-4)35(46-31)37-27-13-11-25(12-14-27)34(41)44-6-2/h10-19,21,31H,5-9,20,22-23H2,1-4H3,(H,36,40). The van der Waals surface area contributed by atoms with Gasteiger partial charge in [0.15, 0.2) is 16.7 Å². The van der Waals surface area contributed by atoms with Gasteiger partial charge in [-0.25, -0.2) is 9.79 Å². The zero-order valence-electron chi connectivity index (χ0n) is 26.7. The number of anilines is 1. The highest BCUT2D eigenvalue weighted by molar-refractivity contribution is 8.15. The summed E-state index contributed by atoms with van der Waals surface area (Å²) in [6.07, 6.45) is 4.49. The molecule has 1 unspecified atom stereocenters. The fraction of sp³-hybridized carbons (Fsp3) is 0.371. The topological polar surface area (TPSA) is 116 Å². The van der Waals surface area contributed by atoms with E-state index in [2.05, 4.69) is 12.2 Å². The van der Waals surface area contributed by atoms with Crippen molar-refractivity contribution in [1.29, 1.82) is 0 Å². The van der Waals surface area contributed by atoms with Crippen molar-refractivity contribution in [3.05, 3.63) is 77.9 Å². The molecule has 0 radical (unpaired) electrons. The number of carbonyl (C=O) groups is 3. The number of rotatable bonds is 15. The van der Waals surface area contributed by atoms with Crippen LogP contribution in [0, 0.1) is 0 Å². The summed E-state index contributed by atoms with van der Waals surface area (Å²) in [5.74, 6) is 0.873. The van der Waals surface area contributed by atoms with E-state index in [0.717, 1.165) is 24.2 Å². The van der Waals surface area contributed by atoms with E-state index in [-0.39, 0.29) is 31.4 Å². The molecule has 1 aliphatic heterocycles. The number of aliphatic imine (C=N–C) groups is 1. The number of amidine groups is 1. The van der Waals surface area contributed by atoms with Crippen LogP contribution in [-0.4, -0.2) is 60.5 Å². The lowest BCUT2D eigenvalue weighted by Gasteiger charge is -2.32. The average Bonchev–Trinajstić information content (AvgIpc) is 3.07. The second-order valence-corrected chi connectivity index (χ2v) is 11.7. The van der Waals surface area contributed by atoms with Crippen molar-refractivity contribution in [3.8, 4) is 17.2 Å². The molecule has 10 nitrogen and oxygen atoms in total. The van der Waals surface area contributed by atoms with E-state index >= 15 is 0 Å². The maximum absolute atomic E-state index is 13.6. The second kappa shape index (κ2) is 17.3. The molecule has 1 atom stereocenters. The maximum atomic E-state index is 13.6. The number of carbonyl (C=O) groups excluding carboxylic acids is 3. The van der Waals surface area contributed by atoms with Gasteiger partial charge in [0, 0.05) is 12.1 Å². The first kappa shape index (κ1) is 34.4. The van der Waals surface area contributed by atoms with Crippen molar-refractivity contribution in [2.45, 2.75) is 57.7 Å². The van der Waals surface area contributed by atoms with Crippen molar-refractivity contribution in [3.63, 3.8) is 0 Å². The minimum atomic E-state index is -0.707. The summed E-state index contributed by atoms with van der Waals surface area (Å²) in [6, 6.07) is 19.3. The van der Waals surface area contributed by atoms with Crippen LogP contribution in [0.25, 0.3) is 0 Å². The molecule has 0 aromatic heterocycles. The van der Waals surface area contributed by atoms with Gasteiger partial charge >= 0.3 is 5.97 Å². The summed E-state index contributed by atoms with van der Waals surface area (Å²) in [4.78, 5) is 45.4. The predicted octanol–water partition coefficient (Wildman–Crippen LogP) is 7.00. The van der Waals surface area contributed by atoms with E-state index in [1.165, 1.54) is 24.6 Å². The largest absolute Gasteiger partial charge is 0.494 e. The molecule has 0 bridgehead atoms. The van der Waals surface area contributed by atoms with Crippen molar-refractivity contribution >= 4 is 46.1 Å². The Labute approximate surface area is 274 Å². The summed E-state index contributed by atoms with van der Waals surface area (Å²) < 4.78 is 21.7. The summed E-state index contributed by atoms with van der Waals surface area (Å²) in [5.41, 5.74) is 2.32. The molecule has 1 fully saturated rings. The summed E-state index contributed by atoms with van der Waals surface area (Å²) >= 11 is 1.21. The van der Waals surface area contributed by atoms with E-state index in [1.807, 2.05) is 18.2 Å². The molecular weight excluding hydrogens is 606 g/mol. The van der Waals surface area contributed by atoms with Crippen molar-refractivity contribution in [2.75, 3.05) is 32.8 Å². The molecule has 1 heterocycles. The smallest absolute Gasteiger partial charge is 0.338 e. The fourth-order valence-corrected chi connectivity index (χ4v) is 5.83. The lowest BCUT2D eigenvalue weighted by molar-refractivity contribution is -0.129. The first-order chi connectivity index (χ1) is 22.3. The highest BCUT2D eigenvalue weighted by atomic mass is 32.2. The third-order valence-corrected chi connectivity index (χ3v) is 8.40. The Kier molecular flexibility index (Phi) is 12.9. The Morgan fingerprint density at radius 3 is 2.35 bits per heavy atom. The van der Waals surface area contributed by atoms with Crippen molar-refractivity contribution < 1.29 is 33.3 Å². The molecule has 1 N–H and O–H groups in total. The molecule has 2 amide bonds. The molecule has 0 saturated carbocycles. The maximum Gasteiger partial charge on any atom is 0.338 e. The Morgan fingerprint density at radius 2 is 1.67 bits per heavy atom. The van der Waals surface area contributed by atoms with Gasteiger partial charge in [-0.2, -0.15) is 0 Å². The normalized spacial score (nSPS) is 15.4. The van der Waals surface area contributed by atoms with Crippen LogP contribution in [0.15, 0.2) is 71.7 Å². The molecule has 0 aliphatic carbocycles. The SMILES string of the molecule is CCCCCCOc1ccc(NC(=O)C2CC(=O)N(Cc3ccc(OC)c(OC)c3)C(=Nc3ccc(C(=O)OCC)cc3)S2)cc1. The van der Waals surface area contributed by atoms with Gasteiger partial charge in [-0.15, -0.1) is 0 Å². The molecule has 3 aromatic carbocycles. The minimum Gasteiger partial charge on any atom is -0.494 e. The molecule has 11 heteroatoms. The van der Waals surface area contributed by atoms with Gasteiger partial charge in [0.2, 0.25) is 11.8 Å². The monoisotopic (exact) mass is 647 g/mol. The zero-order chi connectivity index (χ0) is 32.9. The number of nitrogens with zero attached hydrogens (tertiary/aromatic N) is 2. The van der Waals surface area contributed by atoms with E-state index in [1.54, 1.807) is 74.6 Å². The molecule has 244 valence electrons. The second-order valence-electron chi connectivity index (χ2n) is 10.6. The van der Waals surface area contributed by atoms with Gasteiger partial charge in [-0.1, -0.05) is 44.0 Å². The van der Waals surface area contributed by atoms with Crippen LogP contribution in [0.2, 0.25) is 0 Å². The van der Waals surface area contributed by atoms with Gasteiger partial charge in [0.25, 0.3) is 0 Å². The number of amides is 2. The first-order valence-electron chi connectivity index (χ1n) is 15.4. The van der Waals surface area contributed by atoms with Crippen LogP contribution in [0.1, 0.15) is 61.9 Å². The van der Waals surface area contributed by atoms with Crippen LogP contribution in [0.3, 0.4) is 0 Å². The van der Waals surface area contributed by atoms with E-state index in [9.17, 15) is 14.4 Å². The van der Waals surface area contributed by atoms with Crippen LogP contribution in [0.5, 0.6) is 17.2 Å². The number of benzene rings is 3. The number of hydrogen-bond acceptors (Lipinski definition) is 9.